The first-order valence-corrected chi connectivity index (χ1v) is 9.90. The van der Waals surface area contributed by atoms with Gasteiger partial charge in [0.1, 0.15) is 4.90 Å². The molecule has 3 nitrogen and oxygen atoms in total. The standard InChI is InChI=1S/C13H12BrCl2NO2S2/c1-8(5-10-3-2-4-20-10)17-21(18,19)13-11(15)6-9(14)7-12(13)16/h2-4,6-8,17H,5H2,1H3. The molecule has 2 rings (SSSR count). The third-order valence-electron chi connectivity index (χ3n) is 2.68. The molecule has 1 unspecified atom stereocenters. The molecule has 0 saturated heterocycles. The van der Waals surface area contributed by atoms with Gasteiger partial charge in [0.2, 0.25) is 10.0 Å². The topological polar surface area (TPSA) is 46.2 Å². The highest BCUT2D eigenvalue weighted by Crippen LogP contribution is 2.32. The minimum absolute atomic E-state index is 0.0881. The van der Waals surface area contributed by atoms with Crippen LogP contribution in [0, 0.1) is 0 Å². The Morgan fingerprint density at radius 2 is 1.95 bits per heavy atom. The number of rotatable bonds is 5. The molecule has 21 heavy (non-hydrogen) atoms. The highest BCUT2D eigenvalue weighted by Gasteiger charge is 2.24. The molecule has 1 atom stereocenters. The van der Waals surface area contributed by atoms with Gasteiger partial charge < -0.3 is 0 Å². The second-order valence-corrected chi connectivity index (χ2v) is 8.92. The van der Waals surface area contributed by atoms with E-state index in [0.717, 1.165) is 4.88 Å². The summed E-state index contributed by atoms with van der Waals surface area (Å²) in [6.07, 6.45) is 0.614. The molecule has 0 saturated carbocycles. The fourth-order valence-electron chi connectivity index (χ4n) is 1.88. The summed E-state index contributed by atoms with van der Waals surface area (Å²) >= 11 is 16.8. The van der Waals surface area contributed by atoms with Gasteiger partial charge in [0.05, 0.1) is 10.0 Å². The Hall–Kier alpha value is -0.110. The van der Waals surface area contributed by atoms with Gasteiger partial charge >= 0.3 is 0 Å². The summed E-state index contributed by atoms with van der Waals surface area (Å²) in [7, 11) is -3.77. The molecule has 1 N–H and O–H groups in total. The second-order valence-electron chi connectivity index (χ2n) is 4.50. The predicted octanol–water partition coefficient (Wildman–Crippen LogP) is 4.73. The molecule has 0 spiro atoms. The highest BCUT2D eigenvalue weighted by atomic mass is 79.9. The normalized spacial score (nSPS) is 13.3. The van der Waals surface area contributed by atoms with Crippen LogP contribution >= 0.6 is 50.5 Å². The van der Waals surface area contributed by atoms with Crippen LogP contribution < -0.4 is 4.72 Å². The van der Waals surface area contributed by atoms with E-state index in [2.05, 4.69) is 20.7 Å². The lowest BCUT2D eigenvalue weighted by Gasteiger charge is -2.15. The number of benzene rings is 1. The van der Waals surface area contributed by atoms with E-state index in [4.69, 9.17) is 23.2 Å². The molecule has 0 radical (unpaired) electrons. The van der Waals surface area contributed by atoms with Crippen molar-refractivity contribution in [3.8, 4) is 0 Å². The maximum atomic E-state index is 12.4. The molecule has 0 fully saturated rings. The lowest BCUT2D eigenvalue weighted by atomic mass is 10.2. The molecule has 0 amide bonds. The second kappa shape index (κ2) is 6.98. The van der Waals surface area contributed by atoms with E-state index in [0.29, 0.717) is 10.9 Å². The summed E-state index contributed by atoms with van der Waals surface area (Å²) in [4.78, 5) is 1.02. The Morgan fingerprint density at radius 3 is 2.48 bits per heavy atom. The zero-order chi connectivity index (χ0) is 15.6. The fraction of sp³-hybridized carbons (Fsp3) is 0.231. The molecular weight excluding hydrogens is 417 g/mol. The Bertz CT molecular complexity index is 710. The number of nitrogens with one attached hydrogen (secondary N) is 1. The first kappa shape index (κ1) is 17.2. The van der Waals surface area contributed by atoms with E-state index in [1.165, 1.54) is 12.1 Å². The van der Waals surface area contributed by atoms with Crippen molar-refractivity contribution in [2.24, 2.45) is 0 Å². The van der Waals surface area contributed by atoms with Crippen molar-refractivity contribution >= 4 is 60.5 Å². The minimum Gasteiger partial charge on any atom is -0.208 e. The largest absolute Gasteiger partial charge is 0.243 e. The zero-order valence-corrected chi connectivity index (χ0v) is 15.7. The summed E-state index contributed by atoms with van der Waals surface area (Å²) in [5, 5.41) is 2.13. The molecule has 0 aliphatic carbocycles. The summed E-state index contributed by atoms with van der Waals surface area (Å²) < 4.78 is 28.1. The van der Waals surface area contributed by atoms with Gasteiger partial charge in [-0.2, -0.15) is 0 Å². The lowest BCUT2D eigenvalue weighted by Crippen LogP contribution is -2.34. The number of hydrogen-bond acceptors (Lipinski definition) is 3. The van der Waals surface area contributed by atoms with Crippen LogP contribution in [0.25, 0.3) is 0 Å². The van der Waals surface area contributed by atoms with Gasteiger partial charge in [0.25, 0.3) is 0 Å². The molecule has 0 aliphatic rings. The molecule has 8 heteroatoms. The van der Waals surface area contributed by atoms with Crippen molar-refractivity contribution in [3.63, 3.8) is 0 Å². The van der Waals surface area contributed by atoms with Gasteiger partial charge in [-0.15, -0.1) is 11.3 Å². The predicted molar refractivity (Wildman–Crippen MR) is 92.0 cm³/mol. The van der Waals surface area contributed by atoms with E-state index in [9.17, 15) is 8.42 Å². The molecule has 2 aromatic rings. The van der Waals surface area contributed by atoms with Gasteiger partial charge in [-0.3, -0.25) is 0 Å². The molecule has 1 heterocycles. The minimum atomic E-state index is -3.77. The van der Waals surface area contributed by atoms with E-state index < -0.39 is 10.0 Å². The van der Waals surface area contributed by atoms with Gasteiger partial charge in [0, 0.05) is 15.4 Å². The van der Waals surface area contributed by atoms with Crippen LogP contribution in [0.15, 0.2) is 39.0 Å². The van der Waals surface area contributed by atoms with Crippen molar-refractivity contribution in [1.29, 1.82) is 0 Å². The van der Waals surface area contributed by atoms with Crippen molar-refractivity contribution in [2.45, 2.75) is 24.3 Å². The van der Waals surface area contributed by atoms with Crippen LogP contribution in [0.4, 0.5) is 0 Å². The van der Waals surface area contributed by atoms with E-state index in [1.54, 1.807) is 18.3 Å². The summed E-state index contributed by atoms with van der Waals surface area (Å²) in [6.45, 7) is 1.80. The first-order chi connectivity index (χ1) is 9.79. The Balaban J connectivity index is 2.22. The summed E-state index contributed by atoms with van der Waals surface area (Å²) in [6, 6.07) is 6.65. The zero-order valence-electron chi connectivity index (χ0n) is 10.9. The van der Waals surface area contributed by atoms with Crippen LogP contribution in [0.3, 0.4) is 0 Å². The average molecular weight is 429 g/mol. The van der Waals surface area contributed by atoms with Crippen LogP contribution in [0.5, 0.6) is 0 Å². The van der Waals surface area contributed by atoms with Crippen molar-refractivity contribution in [2.75, 3.05) is 0 Å². The quantitative estimate of drug-likeness (QED) is 0.748. The first-order valence-electron chi connectivity index (χ1n) is 5.99. The SMILES string of the molecule is CC(Cc1cccs1)NS(=O)(=O)c1c(Cl)cc(Br)cc1Cl. The van der Waals surface area contributed by atoms with Gasteiger partial charge in [-0.25, -0.2) is 13.1 Å². The monoisotopic (exact) mass is 427 g/mol. The Labute approximate surface area is 146 Å². The highest BCUT2D eigenvalue weighted by molar-refractivity contribution is 9.10. The van der Waals surface area contributed by atoms with Crippen molar-refractivity contribution in [3.05, 3.63) is 49.0 Å². The van der Waals surface area contributed by atoms with Crippen molar-refractivity contribution in [1.82, 2.24) is 4.72 Å². The van der Waals surface area contributed by atoms with Crippen LogP contribution in [-0.4, -0.2) is 14.5 Å². The third kappa shape index (κ3) is 4.43. The summed E-state index contributed by atoms with van der Waals surface area (Å²) in [5.41, 5.74) is 0. The van der Waals surface area contributed by atoms with Gasteiger partial charge in [-0.05, 0) is 36.9 Å². The fourth-order valence-corrected chi connectivity index (χ4v) is 5.90. The molecule has 114 valence electrons. The molecule has 0 aliphatic heterocycles. The van der Waals surface area contributed by atoms with Crippen molar-refractivity contribution < 1.29 is 8.42 Å². The smallest absolute Gasteiger partial charge is 0.208 e. The number of halogens is 3. The van der Waals surface area contributed by atoms with Crippen LogP contribution in [0.1, 0.15) is 11.8 Å². The van der Waals surface area contributed by atoms with E-state index in [1.807, 2.05) is 17.5 Å². The van der Waals surface area contributed by atoms with Crippen LogP contribution in [-0.2, 0) is 16.4 Å². The van der Waals surface area contributed by atoms with Gasteiger partial charge in [-0.1, -0.05) is 45.2 Å². The third-order valence-corrected chi connectivity index (χ3v) is 6.54. The lowest BCUT2D eigenvalue weighted by molar-refractivity contribution is 0.561. The number of hydrogen-bond donors (Lipinski definition) is 1. The van der Waals surface area contributed by atoms with Crippen LogP contribution in [0.2, 0.25) is 10.0 Å². The van der Waals surface area contributed by atoms with Gasteiger partial charge in [0.15, 0.2) is 0 Å². The molecule has 1 aromatic heterocycles. The summed E-state index contributed by atoms with van der Waals surface area (Å²) in [5.74, 6) is 0. The maximum Gasteiger partial charge on any atom is 0.243 e. The maximum absolute atomic E-state index is 12.4. The molecule has 0 bridgehead atoms. The Kier molecular flexibility index (Phi) is 5.73. The molecular formula is C13H12BrCl2NO2S2. The number of sulfonamides is 1. The van der Waals surface area contributed by atoms with E-state index in [-0.39, 0.29) is 21.0 Å². The molecule has 1 aromatic carbocycles. The number of thiophene rings is 1. The Morgan fingerprint density at radius 1 is 1.33 bits per heavy atom. The van der Waals surface area contributed by atoms with E-state index >= 15 is 0 Å². The average Bonchev–Trinajstić information content (AvgIpc) is 2.78.